The molecule has 1 N–H and O–H groups in total. The molecular formula is C14H18ClN3OS. The van der Waals surface area contributed by atoms with Crippen LogP contribution >= 0.6 is 23.1 Å². The normalized spacial score (nSPS) is 11.4. The Morgan fingerprint density at radius 1 is 1.35 bits per heavy atom. The van der Waals surface area contributed by atoms with E-state index in [1.54, 1.807) is 13.2 Å². The van der Waals surface area contributed by atoms with E-state index in [2.05, 4.69) is 35.4 Å². The number of hydrogen-bond donors (Lipinski definition) is 1. The number of halogens is 1. The fraction of sp³-hybridized carbons (Fsp3) is 0.429. The number of benzene rings is 1. The molecule has 1 aromatic carbocycles. The molecule has 0 aliphatic rings. The van der Waals surface area contributed by atoms with Crippen LogP contribution in [0.1, 0.15) is 32.2 Å². The Morgan fingerprint density at radius 2 is 2.10 bits per heavy atom. The van der Waals surface area contributed by atoms with Gasteiger partial charge in [-0.05, 0) is 12.1 Å². The monoisotopic (exact) mass is 311 g/mol. The van der Waals surface area contributed by atoms with E-state index in [1.165, 1.54) is 11.5 Å². The van der Waals surface area contributed by atoms with Gasteiger partial charge in [0.15, 0.2) is 0 Å². The van der Waals surface area contributed by atoms with E-state index >= 15 is 0 Å². The van der Waals surface area contributed by atoms with Crippen LogP contribution in [0.4, 0.5) is 5.13 Å². The average Bonchev–Trinajstić information content (AvgIpc) is 2.86. The highest BCUT2D eigenvalue weighted by molar-refractivity contribution is 7.09. The number of ether oxygens (including phenoxy) is 1. The third-order valence-electron chi connectivity index (χ3n) is 2.78. The number of aromatic nitrogens is 2. The zero-order chi connectivity index (χ0) is 14.8. The van der Waals surface area contributed by atoms with Crippen molar-refractivity contribution in [2.75, 3.05) is 12.4 Å². The van der Waals surface area contributed by atoms with Gasteiger partial charge in [-0.2, -0.15) is 4.37 Å². The summed E-state index contributed by atoms with van der Waals surface area (Å²) >= 11 is 7.32. The van der Waals surface area contributed by atoms with Crippen LogP contribution in [0, 0.1) is 0 Å². The Labute approximate surface area is 128 Å². The molecule has 0 unspecified atom stereocenters. The molecule has 0 spiro atoms. The smallest absolute Gasteiger partial charge is 0.202 e. The first-order valence-electron chi connectivity index (χ1n) is 6.30. The maximum absolute atomic E-state index is 5.95. The van der Waals surface area contributed by atoms with Crippen molar-refractivity contribution in [1.29, 1.82) is 0 Å². The number of methoxy groups -OCH3 is 1. The van der Waals surface area contributed by atoms with Crippen LogP contribution in [0.3, 0.4) is 0 Å². The molecule has 108 valence electrons. The molecule has 0 bridgehead atoms. The van der Waals surface area contributed by atoms with Crippen LogP contribution in [0.5, 0.6) is 5.75 Å². The van der Waals surface area contributed by atoms with Crippen molar-refractivity contribution in [1.82, 2.24) is 9.36 Å². The molecule has 0 amide bonds. The van der Waals surface area contributed by atoms with Crippen LogP contribution in [0.15, 0.2) is 18.2 Å². The predicted molar refractivity (Wildman–Crippen MR) is 83.9 cm³/mol. The van der Waals surface area contributed by atoms with Gasteiger partial charge in [-0.3, -0.25) is 0 Å². The van der Waals surface area contributed by atoms with Crippen molar-refractivity contribution >= 4 is 28.3 Å². The number of nitrogens with one attached hydrogen (secondary N) is 1. The first kappa shape index (κ1) is 15.1. The molecule has 0 aliphatic heterocycles. The lowest BCUT2D eigenvalue weighted by molar-refractivity contribution is 0.410. The van der Waals surface area contributed by atoms with Crippen molar-refractivity contribution < 1.29 is 4.74 Å². The van der Waals surface area contributed by atoms with Crippen molar-refractivity contribution in [3.8, 4) is 5.75 Å². The first-order valence-corrected chi connectivity index (χ1v) is 7.46. The lowest BCUT2D eigenvalue weighted by atomic mass is 9.96. The SMILES string of the molecule is COc1cc(Cl)ccc1CNc1nc(C(C)(C)C)ns1. The second-order valence-corrected chi connectivity index (χ2v) is 6.67. The maximum Gasteiger partial charge on any atom is 0.202 e. The van der Waals surface area contributed by atoms with Crippen molar-refractivity contribution in [3.63, 3.8) is 0 Å². The quantitative estimate of drug-likeness (QED) is 0.923. The second-order valence-electron chi connectivity index (χ2n) is 5.48. The van der Waals surface area contributed by atoms with Gasteiger partial charge >= 0.3 is 0 Å². The second kappa shape index (κ2) is 5.97. The summed E-state index contributed by atoms with van der Waals surface area (Å²) in [7, 11) is 1.64. The molecule has 1 heterocycles. The minimum Gasteiger partial charge on any atom is -0.496 e. The van der Waals surface area contributed by atoms with Gasteiger partial charge in [-0.15, -0.1) is 0 Å². The fourth-order valence-corrected chi connectivity index (χ4v) is 2.55. The molecule has 0 radical (unpaired) electrons. The molecule has 0 saturated carbocycles. The summed E-state index contributed by atoms with van der Waals surface area (Å²) in [6, 6.07) is 5.60. The summed E-state index contributed by atoms with van der Waals surface area (Å²) in [6.07, 6.45) is 0. The van der Waals surface area contributed by atoms with Crippen LogP contribution in [-0.4, -0.2) is 16.5 Å². The topological polar surface area (TPSA) is 47.0 Å². The summed E-state index contributed by atoms with van der Waals surface area (Å²) in [4.78, 5) is 4.50. The van der Waals surface area contributed by atoms with E-state index < -0.39 is 0 Å². The Kier molecular flexibility index (Phi) is 4.50. The molecule has 2 aromatic rings. The number of hydrogen-bond acceptors (Lipinski definition) is 5. The van der Waals surface area contributed by atoms with Crippen molar-refractivity contribution in [2.24, 2.45) is 0 Å². The molecule has 1 aromatic heterocycles. The molecule has 0 saturated heterocycles. The van der Waals surface area contributed by atoms with Crippen LogP contribution < -0.4 is 10.1 Å². The molecular weight excluding hydrogens is 294 g/mol. The zero-order valence-corrected chi connectivity index (χ0v) is 13.6. The lowest BCUT2D eigenvalue weighted by Crippen LogP contribution is -2.13. The first-order chi connectivity index (χ1) is 9.40. The lowest BCUT2D eigenvalue weighted by Gasteiger charge is -2.12. The van der Waals surface area contributed by atoms with Gasteiger partial charge in [0.25, 0.3) is 0 Å². The zero-order valence-electron chi connectivity index (χ0n) is 12.0. The Morgan fingerprint density at radius 3 is 2.70 bits per heavy atom. The Balaban J connectivity index is 2.07. The molecule has 4 nitrogen and oxygen atoms in total. The summed E-state index contributed by atoms with van der Waals surface area (Å²) in [5, 5.41) is 4.74. The molecule has 6 heteroatoms. The molecule has 20 heavy (non-hydrogen) atoms. The van der Waals surface area contributed by atoms with Gasteiger partial charge in [0.1, 0.15) is 11.6 Å². The van der Waals surface area contributed by atoms with Crippen LogP contribution in [-0.2, 0) is 12.0 Å². The van der Waals surface area contributed by atoms with Gasteiger partial charge in [0, 0.05) is 34.1 Å². The summed E-state index contributed by atoms with van der Waals surface area (Å²) in [6.45, 7) is 6.92. The van der Waals surface area contributed by atoms with Crippen LogP contribution in [0.2, 0.25) is 5.02 Å². The van der Waals surface area contributed by atoms with E-state index in [9.17, 15) is 0 Å². The average molecular weight is 312 g/mol. The summed E-state index contributed by atoms with van der Waals surface area (Å²) in [5.74, 6) is 1.62. The molecule has 0 fully saturated rings. The highest BCUT2D eigenvalue weighted by Crippen LogP contribution is 2.26. The third kappa shape index (κ3) is 3.61. The number of rotatable bonds is 4. The largest absolute Gasteiger partial charge is 0.496 e. The van der Waals surface area contributed by atoms with Gasteiger partial charge in [-0.1, -0.05) is 38.4 Å². The highest BCUT2D eigenvalue weighted by atomic mass is 35.5. The van der Waals surface area contributed by atoms with Gasteiger partial charge in [-0.25, -0.2) is 4.98 Å². The minimum absolute atomic E-state index is 0.0333. The fourth-order valence-electron chi connectivity index (χ4n) is 1.64. The van der Waals surface area contributed by atoms with E-state index in [4.69, 9.17) is 16.3 Å². The Bertz CT molecular complexity index is 592. The summed E-state index contributed by atoms with van der Waals surface area (Å²) < 4.78 is 9.69. The van der Waals surface area contributed by atoms with Gasteiger partial charge < -0.3 is 10.1 Å². The van der Waals surface area contributed by atoms with E-state index in [0.29, 0.717) is 11.6 Å². The third-order valence-corrected chi connectivity index (χ3v) is 3.68. The summed E-state index contributed by atoms with van der Waals surface area (Å²) in [5.41, 5.74) is 0.999. The van der Waals surface area contributed by atoms with Crippen LogP contribution in [0.25, 0.3) is 0 Å². The Hall–Kier alpha value is -1.33. The van der Waals surface area contributed by atoms with E-state index in [1.807, 2.05) is 12.1 Å². The number of nitrogens with zero attached hydrogens (tertiary/aromatic N) is 2. The molecule has 2 rings (SSSR count). The highest BCUT2D eigenvalue weighted by Gasteiger charge is 2.19. The predicted octanol–water partition coefficient (Wildman–Crippen LogP) is 4.11. The van der Waals surface area contributed by atoms with Gasteiger partial charge in [0.2, 0.25) is 5.13 Å². The van der Waals surface area contributed by atoms with Gasteiger partial charge in [0.05, 0.1) is 7.11 Å². The molecule has 0 aliphatic carbocycles. The van der Waals surface area contributed by atoms with E-state index in [0.717, 1.165) is 22.3 Å². The standard InChI is InChI=1S/C14H18ClN3OS/c1-14(2,3)12-17-13(20-18-12)16-8-9-5-6-10(15)7-11(9)19-4/h5-7H,8H2,1-4H3,(H,16,17,18). The van der Waals surface area contributed by atoms with Crippen molar-refractivity contribution in [2.45, 2.75) is 32.7 Å². The maximum atomic E-state index is 5.95. The number of anilines is 1. The molecule has 0 atom stereocenters. The minimum atomic E-state index is -0.0333. The van der Waals surface area contributed by atoms with E-state index in [-0.39, 0.29) is 5.41 Å². The van der Waals surface area contributed by atoms with Crippen molar-refractivity contribution in [3.05, 3.63) is 34.6 Å².